The van der Waals surface area contributed by atoms with Crippen molar-refractivity contribution < 1.29 is 35.2 Å². The summed E-state index contributed by atoms with van der Waals surface area (Å²) in [6.07, 6.45) is 2.56. The van der Waals surface area contributed by atoms with Crippen LogP contribution in [0.3, 0.4) is 0 Å². The molecule has 2 aromatic heterocycles. The van der Waals surface area contributed by atoms with E-state index in [1.54, 1.807) is 12.3 Å². The Kier molecular flexibility index (Phi) is 8.52. The van der Waals surface area contributed by atoms with Gasteiger partial charge in [0.1, 0.15) is 11.5 Å². The van der Waals surface area contributed by atoms with Crippen LogP contribution >= 0.6 is 0 Å². The summed E-state index contributed by atoms with van der Waals surface area (Å²) in [6, 6.07) is 5.68. The predicted octanol–water partition coefficient (Wildman–Crippen LogP) is 5.22. The fourth-order valence-electron chi connectivity index (χ4n) is 4.75. The number of aromatic nitrogens is 2. The number of nitrogens with one attached hydrogen (secondary N) is 5. The minimum Gasteiger partial charge on any atom is -0.388 e. The maximum absolute atomic E-state index is 15.6. The fraction of sp³-hybridized carbons (Fsp3) is 0.207. The van der Waals surface area contributed by atoms with Crippen molar-refractivity contribution in [2.45, 2.75) is 30.0 Å². The molecule has 1 aliphatic heterocycles. The number of halogens is 5. The maximum atomic E-state index is 15.6. The van der Waals surface area contributed by atoms with Crippen molar-refractivity contribution in [1.29, 1.82) is 5.41 Å². The van der Waals surface area contributed by atoms with Gasteiger partial charge in [-0.2, -0.15) is 13.2 Å². The smallest absolute Gasteiger partial charge is 0.388 e. The number of hydrogen-bond donors (Lipinski definition) is 5. The number of ketones is 1. The molecule has 0 unspecified atom stereocenters. The number of benzene rings is 2. The predicted molar refractivity (Wildman–Crippen MR) is 154 cm³/mol. The highest BCUT2D eigenvalue weighted by Gasteiger charge is 2.31. The molecule has 5 rings (SSSR count). The van der Waals surface area contributed by atoms with Gasteiger partial charge in [-0.1, -0.05) is 0 Å². The van der Waals surface area contributed by atoms with Gasteiger partial charge < -0.3 is 21.0 Å². The molecule has 0 bridgehead atoms. The number of hydrogen-bond acceptors (Lipinski definition) is 7. The number of aromatic amines is 1. The van der Waals surface area contributed by atoms with E-state index in [9.17, 15) is 30.8 Å². The SMILES string of the molecule is N=C/C(=C\NC1CCNCC1)c1cnc2[nH]cc(C(=O)c3c(F)ccc(NS(=O)(=O)c4ccc(C(F)(F)F)cc4)c3F)c2c1. The standard InChI is InChI=1S/C29H25F5N6O3S/c30-23-5-6-24(40-44(42,43)20-3-1-18(2-4-20)29(32,33)34)26(31)25(23)27(41)22-15-39-28-21(22)11-16(13-38-28)17(12-35)14-37-19-7-9-36-10-8-19/h1-6,11-15,19,35-37,40H,7-10H2,(H,38,39)/b17-14+,35-12?. The molecule has 3 heterocycles. The van der Waals surface area contributed by atoms with Gasteiger partial charge in [0, 0.05) is 52.9 Å². The molecule has 4 aromatic rings. The Hall–Kier alpha value is -4.63. The molecule has 0 spiro atoms. The van der Waals surface area contributed by atoms with Crippen LogP contribution in [0.2, 0.25) is 0 Å². The first-order chi connectivity index (χ1) is 20.9. The van der Waals surface area contributed by atoms with Crippen LogP contribution in [0.5, 0.6) is 0 Å². The molecule has 5 N–H and O–H groups in total. The lowest BCUT2D eigenvalue weighted by atomic mass is 10.00. The van der Waals surface area contributed by atoms with Crippen LogP contribution < -0.4 is 15.4 Å². The Morgan fingerprint density at radius 3 is 2.43 bits per heavy atom. The lowest BCUT2D eigenvalue weighted by Crippen LogP contribution is -2.37. The number of anilines is 1. The summed E-state index contributed by atoms with van der Waals surface area (Å²) in [5, 5.41) is 14.6. The second-order valence-electron chi connectivity index (χ2n) is 10.00. The van der Waals surface area contributed by atoms with Crippen LogP contribution in [0.4, 0.5) is 27.6 Å². The third-order valence-corrected chi connectivity index (χ3v) is 8.51. The summed E-state index contributed by atoms with van der Waals surface area (Å²) in [4.78, 5) is 19.9. The topological polar surface area (TPSA) is 140 Å². The molecule has 1 aliphatic rings. The number of nitrogens with zero attached hydrogens (tertiary/aromatic N) is 1. The first-order valence-corrected chi connectivity index (χ1v) is 14.7. The molecule has 0 amide bonds. The first kappa shape index (κ1) is 30.8. The van der Waals surface area contributed by atoms with E-state index in [1.165, 1.54) is 12.4 Å². The number of piperidine rings is 1. The van der Waals surface area contributed by atoms with Gasteiger partial charge >= 0.3 is 6.18 Å². The molecule has 0 aliphatic carbocycles. The molecule has 15 heteroatoms. The van der Waals surface area contributed by atoms with E-state index in [0.717, 1.165) is 38.2 Å². The minimum absolute atomic E-state index is 0.162. The van der Waals surface area contributed by atoms with Crippen LogP contribution in [0.1, 0.15) is 39.9 Å². The Labute approximate surface area is 248 Å². The number of allylic oxidation sites excluding steroid dienone is 1. The highest BCUT2D eigenvalue weighted by Crippen LogP contribution is 2.32. The van der Waals surface area contributed by atoms with E-state index in [0.29, 0.717) is 41.5 Å². The van der Waals surface area contributed by atoms with E-state index in [-0.39, 0.29) is 22.6 Å². The van der Waals surface area contributed by atoms with Crippen LogP contribution in [-0.2, 0) is 16.2 Å². The number of fused-ring (bicyclic) bond motifs is 1. The highest BCUT2D eigenvalue weighted by molar-refractivity contribution is 7.92. The Bertz CT molecular complexity index is 1860. The van der Waals surface area contributed by atoms with Crippen molar-refractivity contribution in [3.63, 3.8) is 0 Å². The number of carbonyl (C=O) groups is 1. The van der Waals surface area contributed by atoms with Gasteiger partial charge in [-0.25, -0.2) is 22.2 Å². The molecule has 0 saturated carbocycles. The summed E-state index contributed by atoms with van der Waals surface area (Å²) >= 11 is 0. The monoisotopic (exact) mass is 632 g/mol. The normalized spacial score (nSPS) is 14.9. The van der Waals surface area contributed by atoms with Crippen molar-refractivity contribution in [1.82, 2.24) is 20.6 Å². The van der Waals surface area contributed by atoms with Gasteiger partial charge in [0.15, 0.2) is 5.82 Å². The Balaban J connectivity index is 1.45. The Morgan fingerprint density at radius 2 is 1.77 bits per heavy atom. The zero-order valence-electron chi connectivity index (χ0n) is 22.7. The number of carbonyl (C=O) groups excluding carboxylic acids is 1. The largest absolute Gasteiger partial charge is 0.416 e. The van der Waals surface area contributed by atoms with Crippen LogP contribution in [0.15, 0.2) is 66.0 Å². The van der Waals surface area contributed by atoms with E-state index >= 15 is 4.39 Å². The van der Waals surface area contributed by atoms with Gasteiger partial charge in [0.2, 0.25) is 5.78 Å². The van der Waals surface area contributed by atoms with E-state index in [2.05, 4.69) is 20.6 Å². The van der Waals surface area contributed by atoms with Crippen molar-refractivity contribution in [3.8, 4) is 0 Å². The van der Waals surface area contributed by atoms with E-state index < -0.39 is 55.3 Å². The molecule has 9 nitrogen and oxygen atoms in total. The fourth-order valence-corrected chi connectivity index (χ4v) is 5.81. The summed E-state index contributed by atoms with van der Waals surface area (Å²) < 4.78 is 96.5. The third-order valence-electron chi connectivity index (χ3n) is 7.13. The number of alkyl halides is 3. The molecule has 44 heavy (non-hydrogen) atoms. The van der Waals surface area contributed by atoms with E-state index in [4.69, 9.17) is 5.41 Å². The van der Waals surface area contributed by atoms with Gasteiger partial charge in [-0.05, 0) is 68.4 Å². The third kappa shape index (κ3) is 6.33. The zero-order chi connectivity index (χ0) is 31.6. The molecule has 0 atom stereocenters. The summed E-state index contributed by atoms with van der Waals surface area (Å²) in [5.74, 6) is -3.90. The average Bonchev–Trinajstić information content (AvgIpc) is 3.42. The summed E-state index contributed by atoms with van der Waals surface area (Å²) in [5.41, 5.74) is -1.95. The summed E-state index contributed by atoms with van der Waals surface area (Å²) in [6.45, 7) is 1.72. The lowest BCUT2D eigenvalue weighted by molar-refractivity contribution is -0.137. The second-order valence-corrected chi connectivity index (χ2v) is 11.7. The first-order valence-electron chi connectivity index (χ1n) is 13.3. The molecule has 1 saturated heterocycles. The van der Waals surface area contributed by atoms with Gasteiger partial charge in [-0.3, -0.25) is 9.52 Å². The van der Waals surface area contributed by atoms with Crippen molar-refractivity contribution in [2.75, 3.05) is 17.8 Å². The van der Waals surface area contributed by atoms with Crippen molar-refractivity contribution >= 4 is 44.3 Å². The number of pyridine rings is 1. The summed E-state index contributed by atoms with van der Waals surface area (Å²) in [7, 11) is -4.62. The van der Waals surface area contributed by atoms with Gasteiger partial charge in [0.05, 0.1) is 21.7 Å². The molecule has 0 radical (unpaired) electrons. The molecular formula is C29H25F5N6O3S. The molecule has 1 fully saturated rings. The average molecular weight is 633 g/mol. The molecular weight excluding hydrogens is 607 g/mol. The van der Waals surface area contributed by atoms with Crippen molar-refractivity contribution in [2.24, 2.45) is 0 Å². The lowest BCUT2D eigenvalue weighted by Gasteiger charge is -2.23. The number of rotatable bonds is 9. The highest BCUT2D eigenvalue weighted by atomic mass is 32.2. The van der Waals surface area contributed by atoms with Crippen LogP contribution in [0.25, 0.3) is 16.6 Å². The van der Waals surface area contributed by atoms with Gasteiger partial charge in [0.25, 0.3) is 10.0 Å². The Morgan fingerprint density at radius 1 is 1.07 bits per heavy atom. The quantitative estimate of drug-likeness (QED) is 0.0974. The molecule has 230 valence electrons. The molecule has 2 aromatic carbocycles. The maximum Gasteiger partial charge on any atom is 0.416 e. The minimum atomic E-state index is -4.70. The van der Waals surface area contributed by atoms with Crippen LogP contribution in [0, 0.1) is 17.0 Å². The van der Waals surface area contributed by atoms with Gasteiger partial charge in [-0.15, -0.1) is 0 Å². The number of sulfonamides is 1. The zero-order valence-corrected chi connectivity index (χ0v) is 23.5. The van der Waals surface area contributed by atoms with E-state index in [1.807, 2.05) is 4.72 Å². The number of H-pyrrole nitrogens is 1. The second kappa shape index (κ2) is 12.2. The van der Waals surface area contributed by atoms with Crippen molar-refractivity contribution in [3.05, 3.63) is 94.9 Å². The van der Waals surface area contributed by atoms with Crippen LogP contribution in [-0.4, -0.2) is 49.5 Å².